The molecule has 3 aliphatic rings. The molecule has 0 aromatic carbocycles. The van der Waals surface area contributed by atoms with Crippen LogP contribution in [0.4, 0.5) is 0 Å². The molecule has 1 unspecified atom stereocenters. The lowest BCUT2D eigenvalue weighted by molar-refractivity contribution is 0.830. The van der Waals surface area contributed by atoms with Crippen molar-refractivity contribution < 1.29 is 0 Å². The highest BCUT2D eigenvalue weighted by atomic mass is 14.2. The van der Waals surface area contributed by atoms with Gasteiger partial charge in [0.1, 0.15) is 0 Å². The molecule has 3 rings (SSSR count). The molecule has 0 heteroatoms. The van der Waals surface area contributed by atoms with Crippen LogP contribution in [0.2, 0.25) is 0 Å². The van der Waals surface area contributed by atoms with Crippen molar-refractivity contribution in [2.24, 2.45) is 5.92 Å². The van der Waals surface area contributed by atoms with Crippen LogP contribution < -0.4 is 0 Å². The highest BCUT2D eigenvalue weighted by molar-refractivity contribution is 5.44. The summed E-state index contributed by atoms with van der Waals surface area (Å²) in [5.41, 5.74) is 4.41. The third kappa shape index (κ3) is 2.16. The summed E-state index contributed by atoms with van der Waals surface area (Å²) in [6.07, 6.45) is 26.5. The van der Waals surface area contributed by atoms with Gasteiger partial charge in [0.05, 0.1) is 0 Å². The molecule has 0 spiro atoms. The molecule has 17 heavy (non-hydrogen) atoms. The van der Waals surface area contributed by atoms with Gasteiger partial charge in [0.2, 0.25) is 0 Å². The SMILES string of the molecule is C1=CC=C2CC(=C1)/C=C\C=C/C2C1=CC=CC1. The number of hydrogen-bond acceptors (Lipinski definition) is 0. The minimum absolute atomic E-state index is 0.473. The quantitative estimate of drug-likeness (QED) is 0.613. The van der Waals surface area contributed by atoms with Crippen LogP contribution in [0.15, 0.2) is 83.6 Å². The van der Waals surface area contributed by atoms with Gasteiger partial charge in [0.25, 0.3) is 0 Å². The summed E-state index contributed by atoms with van der Waals surface area (Å²) in [5.74, 6) is 0.473. The molecule has 0 fully saturated rings. The fourth-order valence-corrected chi connectivity index (χ4v) is 2.57. The van der Waals surface area contributed by atoms with Crippen molar-refractivity contribution in [3.8, 4) is 0 Å². The average molecular weight is 220 g/mol. The van der Waals surface area contributed by atoms with Gasteiger partial charge in [-0.3, -0.25) is 0 Å². The molecule has 0 aromatic rings. The van der Waals surface area contributed by atoms with Crippen LogP contribution >= 0.6 is 0 Å². The molecular formula is C17H16. The third-order valence-corrected chi connectivity index (χ3v) is 3.46. The number of allylic oxidation sites excluding steroid dienone is 14. The first kappa shape index (κ1) is 10.3. The van der Waals surface area contributed by atoms with Gasteiger partial charge in [-0.1, -0.05) is 78.0 Å². The number of fused-ring (bicyclic) bond motifs is 2. The zero-order chi connectivity index (χ0) is 11.5. The summed E-state index contributed by atoms with van der Waals surface area (Å²) in [5, 5.41) is 0. The number of hydrogen-bond donors (Lipinski definition) is 0. The third-order valence-electron chi connectivity index (χ3n) is 3.46. The summed E-state index contributed by atoms with van der Waals surface area (Å²) in [6, 6.07) is 0. The van der Waals surface area contributed by atoms with Gasteiger partial charge in [-0.2, -0.15) is 0 Å². The van der Waals surface area contributed by atoms with Crippen LogP contribution in [-0.2, 0) is 0 Å². The first-order chi connectivity index (χ1) is 8.43. The lowest BCUT2D eigenvalue weighted by atomic mass is 9.85. The Labute approximate surface area is 103 Å². The summed E-state index contributed by atoms with van der Waals surface area (Å²) in [7, 11) is 0. The standard InChI is InChI=1S/C17H16/c1-3-11-16-13-14(7-1)8-2-6-12-17(16)15-9-4-5-10-15/h1-9,11-12,17H,10,13H2/b8-2-,12-6-. The van der Waals surface area contributed by atoms with Gasteiger partial charge < -0.3 is 0 Å². The van der Waals surface area contributed by atoms with E-state index in [1.807, 2.05) is 0 Å². The maximum absolute atomic E-state index is 2.32. The van der Waals surface area contributed by atoms with Crippen molar-refractivity contribution in [1.82, 2.24) is 0 Å². The first-order valence-corrected chi connectivity index (χ1v) is 6.20. The molecular weight excluding hydrogens is 204 g/mol. The predicted octanol–water partition coefficient (Wildman–Crippen LogP) is 4.43. The Balaban J connectivity index is 2.00. The molecule has 0 radical (unpaired) electrons. The van der Waals surface area contributed by atoms with E-state index < -0.39 is 0 Å². The van der Waals surface area contributed by atoms with E-state index >= 15 is 0 Å². The lowest BCUT2D eigenvalue weighted by Gasteiger charge is -2.20. The second kappa shape index (κ2) is 4.58. The van der Waals surface area contributed by atoms with Gasteiger partial charge in [-0.15, -0.1) is 0 Å². The second-order valence-electron chi connectivity index (χ2n) is 4.64. The Hall–Kier alpha value is -1.82. The van der Waals surface area contributed by atoms with E-state index in [0.29, 0.717) is 5.92 Å². The van der Waals surface area contributed by atoms with Gasteiger partial charge >= 0.3 is 0 Å². The first-order valence-electron chi connectivity index (χ1n) is 6.20. The molecule has 1 atom stereocenters. The van der Waals surface area contributed by atoms with E-state index in [9.17, 15) is 0 Å². The smallest absolute Gasteiger partial charge is 0.0202 e. The van der Waals surface area contributed by atoms with E-state index in [-0.39, 0.29) is 0 Å². The Morgan fingerprint density at radius 1 is 0.824 bits per heavy atom. The minimum atomic E-state index is 0.473. The molecule has 0 heterocycles. The van der Waals surface area contributed by atoms with Crippen molar-refractivity contribution in [3.05, 3.63) is 83.6 Å². The van der Waals surface area contributed by atoms with Gasteiger partial charge in [0.15, 0.2) is 0 Å². The molecule has 0 saturated heterocycles. The summed E-state index contributed by atoms with van der Waals surface area (Å²) in [4.78, 5) is 0. The molecule has 0 nitrogen and oxygen atoms in total. The van der Waals surface area contributed by atoms with E-state index in [0.717, 1.165) is 12.8 Å². The second-order valence-corrected chi connectivity index (χ2v) is 4.64. The van der Waals surface area contributed by atoms with E-state index in [4.69, 9.17) is 0 Å². The Kier molecular flexibility index (Phi) is 2.79. The molecule has 0 aromatic heterocycles. The molecule has 0 amide bonds. The fourth-order valence-electron chi connectivity index (χ4n) is 2.57. The highest BCUT2D eigenvalue weighted by Crippen LogP contribution is 2.33. The van der Waals surface area contributed by atoms with Crippen molar-refractivity contribution in [3.63, 3.8) is 0 Å². The van der Waals surface area contributed by atoms with Crippen molar-refractivity contribution in [2.75, 3.05) is 0 Å². The topological polar surface area (TPSA) is 0 Å². The molecule has 2 bridgehead atoms. The molecule has 0 saturated carbocycles. The normalized spacial score (nSPS) is 29.6. The highest BCUT2D eigenvalue weighted by Gasteiger charge is 2.18. The van der Waals surface area contributed by atoms with E-state index in [2.05, 4.69) is 66.8 Å². The predicted molar refractivity (Wildman–Crippen MR) is 73.5 cm³/mol. The Bertz CT molecular complexity index is 516. The van der Waals surface area contributed by atoms with Crippen molar-refractivity contribution >= 4 is 0 Å². The van der Waals surface area contributed by atoms with Gasteiger partial charge in [0, 0.05) is 5.92 Å². The van der Waals surface area contributed by atoms with Crippen LogP contribution in [0.1, 0.15) is 12.8 Å². The molecule has 84 valence electrons. The van der Waals surface area contributed by atoms with Crippen molar-refractivity contribution in [1.29, 1.82) is 0 Å². The molecule has 0 N–H and O–H groups in total. The van der Waals surface area contributed by atoms with E-state index in [1.54, 1.807) is 0 Å². The van der Waals surface area contributed by atoms with Crippen LogP contribution in [0.25, 0.3) is 0 Å². The molecule has 0 aliphatic heterocycles. The fraction of sp³-hybridized carbons (Fsp3) is 0.176. The number of rotatable bonds is 1. The lowest BCUT2D eigenvalue weighted by Crippen LogP contribution is -2.05. The average Bonchev–Trinajstić information content (AvgIpc) is 2.71. The maximum atomic E-state index is 2.32. The zero-order valence-corrected chi connectivity index (χ0v) is 9.84. The minimum Gasteiger partial charge on any atom is -0.0804 e. The zero-order valence-electron chi connectivity index (χ0n) is 9.84. The Morgan fingerprint density at radius 2 is 1.71 bits per heavy atom. The largest absolute Gasteiger partial charge is 0.0804 e. The summed E-state index contributed by atoms with van der Waals surface area (Å²) in [6.45, 7) is 0. The van der Waals surface area contributed by atoms with Gasteiger partial charge in [-0.05, 0) is 18.4 Å². The Morgan fingerprint density at radius 3 is 2.59 bits per heavy atom. The molecule has 3 aliphatic carbocycles. The van der Waals surface area contributed by atoms with Crippen LogP contribution in [0.3, 0.4) is 0 Å². The maximum Gasteiger partial charge on any atom is 0.0202 e. The van der Waals surface area contributed by atoms with Crippen LogP contribution in [-0.4, -0.2) is 0 Å². The van der Waals surface area contributed by atoms with Crippen LogP contribution in [0.5, 0.6) is 0 Å². The summed E-state index contributed by atoms with van der Waals surface area (Å²) >= 11 is 0. The van der Waals surface area contributed by atoms with Gasteiger partial charge in [-0.25, -0.2) is 0 Å². The monoisotopic (exact) mass is 220 g/mol. The van der Waals surface area contributed by atoms with E-state index in [1.165, 1.54) is 16.7 Å². The van der Waals surface area contributed by atoms with Crippen LogP contribution in [0, 0.1) is 5.92 Å². The van der Waals surface area contributed by atoms with Crippen molar-refractivity contribution in [2.45, 2.75) is 12.8 Å². The summed E-state index contributed by atoms with van der Waals surface area (Å²) < 4.78 is 0.